The van der Waals surface area contributed by atoms with Crippen molar-refractivity contribution in [3.05, 3.63) is 35.9 Å². The molecule has 24 heavy (non-hydrogen) atoms. The molecule has 0 spiro atoms. The molecule has 2 N–H and O–H groups in total. The Bertz CT molecular complexity index is 457. The molecule has 0 radical (unpaired) electrons. The van der Waals surface area contributed by atoms with E-state index in [1.807, 2.05) is 0 Å². The maximum atomic E-state index is 2.82. The van der Waals surface area contributed by atoms with Crippen LogP contribution >= 0.6 is 12.4 Å². The third-order valence-electron chi connectivity index (χ3n) is 5.56. The lowest BCUT2D eigenvalue weighted by Crippen LogP contribution is -2.62. The lowest BCUT2D eigenvalue weighted by Gasteiger charge is -2.51. The summed E-state index contributed by atoms with van der Waals surface area (Å²) in [5, 5.41) is 0. The Hall–Kier alpha value is -0.650. The normalized spacial score (nSPS) is 25.7. The summed E-state index contributed by atoms with van der Waals surface area (Å²) in [6.45, 7) is 7.18. The molecule has 5 heteroatoms. The van der Waals surface area contributed by atoms with Crippen molar-refractivity contribution in [1.29, 1.82) is 0 Å². The van der Waals surface area contributed by atoms with Gasteiger partial charge in [0.05, 0.1) is 0 Å². The van der Waals surface area contributed by atoms with E-state index in [1.54, 1.807) is 0 Å². The predicted molar refractivity (Wildman–Crippen MR) is 104 cm³/mol. The van der Waals surface area contributed by atoms with Crippen LogP contribution in [0, 0.1) is 0 Å². The van der Waals surface area contributed by atoms with Crippen molar-refractivity contribution in [2.45, 2.75) is 50.9 Å². The van der Waals surface area contributed by atoms with Gasteiger partial charge in [-0.05, 0) is 39.4 Å². The number of likely N-dealkylation sites (N-methyl/N-ethyl adjacent to an activating group) is 1. The minimum atomic E-state index is 0. The summed E-state index contributed by atoms with van der Waals surface area (Å²) in [6.07, 6.45) is 4.17. The van der Waals surface area contributed by atoms with Gasteiger partial charge in [0.25, 0.3) is 0 Å². The number of piperidine rings is 1. The second kappa shape index (κ2) is 9.73. The lowest BCUT2D eigenvalue weighted by atomic mass is 9.90. The summed E-state index contributed by atoms with van der Waals surface area (Å²) in [5.41, 5.74) is 1.45. The Labute approximate surface area is 153 Å². The molecule has 3 atom stereocenters. The molecule has 0 aliphatic carbocycles. The zero-order chi connectivity index (χ0) is 15.5. The third kappa shape index (κ3) is 5.17. The highest BCUT2D eigenvalue weighted by Crippen LogP contribution is 2.29. The highest BCUT2D eigenvalue weighted by molar-refractivity contribution is 5.85. The number of fused-ring (bicyclic) bond motifs is 2. The van der Waals surface area contributed by atoms with E-state index in [2.05, 4.69) is 66.1 Å². The van der Waals surface area contributed by atoms with Crippen LogP contribution in [0.5, 0.6) is 0 Å². The van der Waals surface area contributed by atoms with Gasteiger partial charge < -0.3 is 10.4 Å². The molecule has 0 amide bonds. The number of hydrogen-bond acceptors (Lipinski definition) is 3. The first kappa shape index (κ1) is 21.4. The summed E-state index contributed by atoms with van der Waals surface area (Å²) in [4.78, 5) is 7.85. The molecule has 2 bridgehead atoms. The first-order chi connectivity index (χ1) is 10.6. The molecule has 0 aromatic heterocycles. The number of rotatable bonds is 5. The minimum absolute atomic E-state index is 0. The van der Waals surface area contributed by atoms with E-state index in [0.717, 1.165) is 18.6 Å². The van der Waals surface area contributed by atoms with Gasteiger partial charge in [-0.1, -0.05) is 36.8 Å². The summed E-state index contributed by atoms with van der Waals surface area (Å²) < 4.78 is 0. The Kier molecular flexibility index (Phi) is 8.68. The summed E-state index contributed by atoms with van der Waals surface area (Å²) in [6, 6.07) is 13.1. The van der Waals surface area contributed by atoms with Crippen LogP contribution in [0.1, 0.15) is 31.7 Å². The molecule has 4 nitrogen and oxygen atoms in total. The molecule has 2 aliphatic heterocycles. The standard InChI is InChI=1S/C19H31N3.ClH.H2O/c1-16(20(2)3)12-22-18-10-7-11-19(22)15-21(14-18)13-17-8-5-4-6-9-17;;/h4-6,8-9,16,18-19H,7,10-15H2,1-3H3;1H;1H2. The molecule has 1 aromatic carbocycles. The average Bonchev–Trinajstić information content (AvgIpc) is 2.49. The fourth-order valence-corrected chi connectivity index (χ4v) is 4.02. The Morgan fingerprint density at radius 2 is 1.67 bits per heavy atom. The zero-order valence-electron chi connectivity index (χ0n) is 15.3. The van der Waals surface area contributed by atoms with Crippen LogP contribution in [0.2, 0.25) is 0 Å². The second-order valence-corrected chi connectivity index (χ2v) is 7.43. The number of halogens is 1. The summed E-state index contributed by atoms with van der Waals surface area (Å²) in [7, 11) is 4.40. The predicted octanol–water partition coefficient (Wildman–Crippen LogP) is 2.27. The van der Waals surface area contributed by atoms with E-state index >= 15 is 0 Å². The van der Waals surface area contributed by atoms with Crippen LogP contribution in [0.25, 0.3) is 0 Å². The highest BCUT2D eigenvalue weighted by Gasteiger charge is 2.37. The first-order valence-electron chi connectivity index (χ1n) is 8.82. The fraction of sp³-hybridized carbons (Fsp3) is 0.684. The third-order valence-corrected chi connectivity index (χ3v) is 5.56. The topological polar surface area (TPSA) is 41.2 Å². The molecule has 2 saturated heterocycles. The molecular formula is C19H34ClN3O. The van der Waals surface area contributed by atoms with Gasteiger partial charge in [-0.25, -0.2) is 0 Å². The van der Waals surface area contributed by atoms with Crippen LogP contribution in [0.15, 0.2) is 30.3 Å². The molecule has 0 saturated carbocycles. The molecule has 138 valence electrons. The monoisotopic (exact) mass is 355 g/mol. The van der Waals surface area contributed by atoms with Crippen molar-refractivity contribution < 1.29 is 5.48 Å². The molecule has 3 unspecified atom stereocenters. The van der Waals surface area contributed by atoms with Gasteiger partial charge in [-0.2, -0.15) is 0 Å². The van der Waals surface area contributed by atoms with Crippen LogP contribution in [-0.2, 0) is 6.54 Å². The molecule has 2 aliphatic rings. The Morgan fingerprint density at radius 1 is 1.08 bits per heavy atom. The van der Waals surface area contributed by atoms with Crippen LogP contribution in [0.3, 0.4) is 0 Å². The van der Waals surface area contributed by atoms with Crippen molar-refractivity contribution in [3.63, 3.8) is 0 Å². The van der Waals surface area contributed by atoms with Crippen molar-refractivity contribution in [2.75, 3.05) is 33.7 Å². The average molecular weight is 356 g/mol. The van der Waals surface area contributed by atoms with Gasteiger partial charge in [0.15, 0.2) is 0 Å². The van der Waals surface area contributed by atoms with Gasteiger partial charge in [0.2, 0.25) is 0 Å². The molecule has 2 fully saturated rings. The summed E-state index contributed by atoms with van der Waals surface area (Å²) >= 11 is 0. The zero-order valence-corrected chi connectivity index (χ0v) is 16.1. The number of nitrogens with zero attached hydrogens (tertiary/aromatic N) is 3. The first-order valence-corrected chi connectivity index (χ1v) is 8.82. The van der Waals surface area contributed by atoms with Crippen LogP contribution < -0.4 is 0 Å². The van der Waals surface area contributed by atoms with Crippen molar-refractivity contribution in [2.24, 2.45) is 0 Å². The minimum Gasteiger partial charge on any atom is -0.412 e. The number of piperazine rings is 1. The maximum absolute atomic E-state index is 2.82. The second-order valence-electron chi connectivity index (χ2n) is 7.43. The van der Waals surface area contributed by atoms with Crippen molar-refractivity contribution >= 4 is 12.4 Å². The highest BCUT2D eigenvalue weighted by atomic mass is 35.5. The molecule has 2 heterocycles. The molecule has 3 rings (SSSR count). The quantitative estimate of drug-likeness (QED) is 0.813. The van der Waals surface area contributed by atoms with Crippen LogP contribution in [0.4, 0.5) is 0 Å². The van der Waals surface area contributed by atoms with Gasteiger partial charge in [-0.15, -0.1) is 12.4 Å². The molecular weight excluding hydrogens is 322 g/mol. The van der Waals surface area contributed by atoms with E-state index in [4.69, 9.17) is 0 Å². The number of hydrogen-bond donors (Lipinski definition) is 0. The van der Waals surface area contributed by atoms with Gasteiger partial charge in [0, 0.05) is 44.3 Å². The van der Waals surface area contributed by atoms with E-state index < -0.39 is 0 Å². The lowest BCUT2D eigenvalue weighted by molar-refractivity contribution is -0.0227. The van der Waals surface area contributed by atoms with Crippen molar-refractivity contribution in [3.8, 4) is 0 Å². The maximum Gasteiger partial charge on any atom is 0.0235 e. The largest absolute Gasteiger partial charge is 0.412 e. The van der Waals surface area contributed by atoms with Gasteiger partial charge in [-0.3, -0.25) is 9.80 Å². The van der Waals surface area contributed by atoms with E-state index in [1.165, 1.54) is 44.5 Å². The van der Waals surface area contributed by atoms with Crippen LogP contribution in [-0.4, -0.2) is 72.0 Å². The number of likely N-dealkylation sites (tertiary alicyclic amines) is 1. The fourth-order valence-electron chi connectivity index (χ4n) is 4.02. The Balaban J connectivity index is 0.00000144. The van der Waals surface area contributed by atoms with Crippen molar-refractivity contribution in [1.82, 2.24) is 14.7 Å². The number of benzene rings is 1. The van der Waals surface area contributed by atoms with E-state index in [-0.39, 0.29) is 17.9 Å². The Morgan fingerprint density at radius 3 is 2.21 bits per heavy atom. The van der Waals surface area contributed by atoms with E-state index in [9.17, 15) is 0 Å². The SMILES string of the molecule is CC(CN1C2CCCC1CN(Cc1ccccc1)C2)N(C)C.Cl.O. The summed E-state index contributed by atoms with van der Waals surface area (Å²) in [5.74, 6) is 0. The smallest absolute Gasteiger partial charge is 0.0235 e. The molecule has 1 aromatic rings. The van der Waals surface area contributed by atoms with E-state index in [0.29, 0.717) is 6.04 Å². The van der Waals surface area contributed by atoms with Gasteiger partial charge >= 0.3 is 0 Å². The van der Waals surface area contributed by atoms with Gasteiger partial charge in [0.1, 0.15) is 0 Å².